The van der Waals surface area contributed by atoms with Gasteiger partial charge in [0.2, 0.25) is 0 Å². The molecule has 0 aliphatic rings. The van der Waals surface area contributed by atoms with Crippen LogP contribution in [-0.4, -0.2) is 28.6 Å². The fourth-order valence-corrected chi connectivity index (χ4v) is 3.42. The molecule has 0 atom stereocenters. The minimum atomic E-state index is -3.92. The molecule has 25 heavy (non-hydrogen) atoms. The third kappa shape index (κ3) is 3.36. The Labute approximate surface area is 144 Å². The lowest BCUT2D eigenvalue weighted by Crippen LogP contribution is -2.15. The maximum atomic E-state index is 14.1. The molecule has 3 rings (SSSR count). The zero-order valence-corrected chi connectivity index (χ0v) is 14.7. The minimum Gasteiger partial charge on any atom is -0.277 e. The van der Waals surface area contributed by atoms with Gasteiger partial charge in [-0.15, -0.1) is 5.10 Å². The summed E-state index contributed by atoms with van der Waals surface area (Å²) < 4.78 is 42.9. The van der Waals surface area contributed by atoms with Gasteiger partial charge >= 0.3 is 0 Å². The number of hydrogen-bond acceptors (Lipinski definition) is 5. The summed E-state index contributed by atoms with van der Waals surface area (Å²) in [7, 11) is -3.92. The summed E-state index contributed by atoms with van der Waals surface area (Å²) in [5.74, 6) is -0.198. The predicted molar refractivity (Wildman–Crippen MR) is 90.6 cm³/mol. The van der Waals surface area contributed by atoms with Crippen LogP contribution in [0.2, 0.25) is 0 Å². The minimum absolute atomic E-state index is 0.0685. The molecule has 0 radical (unpaired) electrons. The van der Waals surface area contributed by atoms with Gasteiger partial charge in [-0.25, -0.2) is 12.8 Å². The highest BCUT2D eigenvalue weighted by Gasteiger charge is 2.18. The van der Waals surface area contributed by atoms with Crippen molar-refractivity contribution in [3.8, 4) is 5.69 Å². The van der Waals surface area contributed by atoms with Crippen LogP contribution in [0.25, 0.3) is 5.69 Å². The quantitative estimate of drug-likeness (QED) is 0.771. The van der Waals surface area contributed by atoms with Gasteiger partial charge < -0.3 is 0 Å². The van der Waals surface area contributed by atoms with Crippen LogP contribution in [0.3, 0.4) is 0 Å². The number of sulfonamides is 1. The molecule has 7 nitrogen and oxygen atoms in total. The average Bonchev–Trinajstić information content (AvgIpc) is 2.98. The first-order valence-electron chi connectivity index (χ1n) is 7.43. The number of nitrogens with zero attached hydrogens (tertiary/aromatic N) is 4. The van der Waals surface area contributed by atoms with Gasteiger partial charge in [-0.3, -0.25) is 4.72 Å². The van der Waals surface area contributed by atoms with Crippen molar-refractivity contribution in [3.05, 3.63) is 59.2 Å². The Kier molecular flexibility index (Phi) is 4.25. The molecule has 0 aliphatic carbocycles. The van der Waals surface area contributed by atoms with Gasteiger partial charge in [0, 0.05) is 0 Å². The zero-order valence-electron chi connectivity index (χ0n) is 13.9. The van der Waals surface area contributed by atoms with Crippen LogP contribution in [0, 0.1) is 26.6 Å². The normalized spacial score (nSPS) is 11.5. The first-order valence-corrected chi connectivity index (χ1v) is 8.91. The zero-order chi connectivity index (χ0) is 18.2. The fraction of sp³-hybridized carbons (Fsp3) is 0.188. The van der Waals surface area contributed by atoms with Gasteiger partial charge in [0.1, 0.15) is 5.82 Å². The smallest absolute Gasteiger partial charge is 0.261 e. The molecule has 1 aromatic heterocycles. The highest BCUT2D eigenvalue weighted by Crippen LogP contribution is 2.23. The summed E-state index contributed by atoms with van der Waals surface area (Å²) in [6.45, 7) is 5.38. The van der Waals surface area contributed by atoms with Crippen molar-refractivity contribution in [2.75, 3.05) is 4.72 Å². The summed E-state index contributed by atoms with van der Waals surface area (Å²) in [6.07, 6.45) is 0. The molecule has 0 bridgehead atoms. The van der Waals surface area contributed by atoms with Crippen molar-refractivity contribution >= 4 is 15.7 Å². The molecule has 0 unspecified atom stereocenters. The summed E-state index contributed by atoms with van der Waals surface area (Å²) in [5.41, 5.74) is 2.08. The summed E-state index contributed by atoms with van der Waals surface area (Å²) in [4.78, 5) is 0.0685. The van der Waals surface area contributed by atoms with Crippen LogP contribution in [0.4, 0.5) is 10.1 Å². The molecule has 0 aliphatic heterocycles. The Hall–Kier alpha value is -2.81. The van der Waals surface area contributed by atoms with E-state index in [9.17, 15) is 12.8 Å². The van der Waals surface area contributed by atoms with E-state index >= 15 is 0 Å². The molecule has 130 valence electrons. The maximum Gasteiger partial charge on any atom is 0.261 e. The van der Waals surface area contributed by atoms with Gasteiger partial charge in [0.15, 0.2) is 5.82 Å². The molecule has 9 heteroatoms. The number of rotatable bonds is 4. The van der Waals surface area contributed by atoms with E-state index in [0.717, 1.165) is 17.2 Å². The highest BCUT2D eigenvalue weighted by molar-refractivity contribution is 7.92. The molecule has 1 heterocycles. The predicted octanol–water partition coefficient (Wildman–Crippen LogP) is 2.53. The lowest BCUT2D eigenvalue weighted by atomic mass is 10.1. The van der Waals surface area contributed by atoms with Gasteiger partial charge in [0.25, 0.3) is 10.0 Å². The average molecular weight is 361 g/mol. The second kappa shape index (κ2) is 6.25. The van der Waals surface area contributed by atoms with Crippen molar-refractivity contribution < 1.29 is 12.8 Å². The lowest BCUT2D eigenvalue weighted by Gasteiger charge is -2.12. The van der Waals surface area contributed by atoms with E-state index < -0.39 is 15.8 Å². The third-order valence-electron chi connectivity index (χ3n) is 3.85. The van der Waals surface area contributed by atoms with Crippen molar-refractivity contribution in [2.24, 2.45) is 0 Å². The van der Waals surface area contributed by atoms with Gasteiger partial charge in [0.05, 0.1) is 16.3 Å². The van der Waals surface area contributed by atoms with Crippen LogP contribution >= 0.6 is 0 Å². The van der Waals surface area contributed by atoms with Crippen LogP contribution in [0.15, 0.2) is 41.3 Å². The molecule has 1 N–H and O–H groups in total. The van der Waals surface area contributed by atoms with E-state index in [1.54, 1.807) is 19.1 Å². The molecule has 3 aromatic rings. The van der Waals surface area contributed by atoms with Crippen LogP contribution in [-0.2, 0) is 10.0 Å². The molecule has 0 saturated heterocycles. The monoisotopic (exact) mass is 361 g/mol. The maximum absolute atomic E-state index is 14.1. The molecule has 0 amide bonds. The third-order valence-corrected chi connectivity index (χ3v) is 5.22. The van der Waals surface area contributed by atoms with Crippen LogP contribution in [0.5, 0.6) is 0 Å². The molecular weight excluding hydrogens is 345 g/mol. The lowest BCUT2D eigenvalue weighted by molar-refractivity contribution is 0.598. The number of aryl methyl sites for hydroxylation is 3. The van der Waals surface area contributed by atoms with E-state index in [-0.39, 0.29) is 10.6 Å². The fourth-order valence-electron chi connectivity index (χ4n) is 2.28. The number of benzene rings is 2. The van der Waals surface area contributed by atoms with E-state index in [0.29, 0.717) is 11.5 Å². The Morgan fingerprint density at radius 2 is 1.80 bits per heavy atom. The summed E-state index contributed by atoms with van der Waals surface area (Å²) in [5, 5.41) is 11.1. The first-order chi connectivity index (χ1) is 11.8. The Morgan fingerprint density at radius 3 is 2.44 bits per heavy atom. The van der Waals surface area contributed by atoms with Gasteiger partial charge in [-0.2, -0.15) is 4.68 Å². The van der Waals surface area contributed by atoms with Crippen LogP contribution in [0.1, 0.15) is 17.0 Å². The molecule has 0 spiro atoms. The Morgan fingerprint density at radius 1 is 1.04 bits per heavy atom. The number of anilines is 1. The standard InChI is InChI=1S/C16H16FN5O2S/c1-10-4-6-14(8-11(10)2)25(23,24)19-16-9-13(5-7-15(16)17)22-12(3)18-20-21-22/h4-9,19H,1-3H3. The van der Waals surface area contributed by atoms with Gasteiger partial charge in [-0.05, 0) is 72.7 Å². The van der Waals surface area contributed by atoms with E-state index in [4.69, 9.17) is 0 Å². The van der Waals surface area contributed by atoms with Gasteiger partial charge in [-0.1, -0.05) is 6.07 Å². The Bertz CT molecular complexity index is 1050. The molecule has 2 aromatic carbocycles. The number of hydrogen-bond donors (Lipinski definition) is 1. The van der Waals surface area contributed by atoms with E-state index in [1.807, 2.05) is 13.8 Å². The number of aromatic nitrogens is 4. The number of tetrazole rings is 1. The first kappa shape index (κ1) is 17.0. The summed E-state index contributed by atoms with van der Waals surface area (Å²) in [6, 6.07) is 8.71. The second-order valence-electron chi connectivity index (χ2n) is 5.65. The van der Waals surface area contributed by atoms with Crippen LogP contribution < -0.4 is 4.72 Å². The summed E-state index contributed by atoms with van der Waals surface area (Å²) >= 11 is 0. The highest BCUT2D eigenvalue weighted by atomic mass is 32.2. The van der Waals surface area contributed by atoms with Crippen molar-refractivity contribution in [1.29, 1.82) is 0 Å². The van der Waals surface area contributed by atoms with Crippen molar-refractivity contribution in [3.63, 3.8) is 0 Å². The molecule has 0 saturated carbocycles. The second-order valence-corrected chi connectivity index (χ2v) is 7.34. The Balaban J connectivity index is 1.99. The topological polar surface area (TPSA) is 89.8 Å². The molecular formula is C16H16FN5O2S. The van der Waals surface area contributed by atoms with Crippen molar-refractivity contribution in [2.45, 2.75) is 25.7 Å². The molecule has 0 fully saturated rings. The van der Waals surface area contributed by atoms with E-state index in [1.165, 1.54) is 22.9 Å². The number of halogens is 1. The largest absolute Gasteiger partial charge is 0.277 e. The van der Waals surface area contributed by atoms with E-state index in [2.05, 4.69) is 20.2 Å². The number of nitrogens with one attached hydrogen (secondary N) is 1. The SMILES string of the molecule is Cc1ccc(S(=O)(=O)Nc2cc(-n3nnnc3C)ccc2F)cc1C. The van der Waals surface area contributed by atoms with Crippen molar-refractivity contribution in [1.82, 2.24) is 20.2 Å².